The van der Waals surface area contributed by atoms with Gasteiger partial charge in [0.05, 0.1) is 17.6 Å². The van der Waals surface area contributed by atoms with E-state index in [-0.39, 0.29) is 12.2 Å². The smallest absolute Gasteiger partial charge is 0.248 e. The third-order valence-corrected chi connectivity index (χ3v) is 8.59. The normalized spacial score (nSPS) is 19.2. The number of hydrogen-bond acceptors (Lipinski definition) is 8. The number of carbonyl (C=O) groups is 2. The number of nitrogens with zero attached hydrogens (tertiary/aromatic N) is 5. The van der Waals surface area contributed by atoms with E-state index in [0.29, 0.717) is 27.9 Å². The van der Waals surface area contributed by atoms with Gasteiger partial charge in [0.2, 0.25) is 11.8 Å². The second-order valence-corrected chi connectivity index (χ2v) is 10.9. The maximum atomic E-state index is 13.9. The Bertz CT molecular complexity index is 1720. The minimum Gasteiger partial charge on any atom is -0.438 e. The van der Waals surface area contributed by atoms with Crippen LogP contribution >= 0.6 is 35.8 Å². The highest BCUT2D eigenvalue weighted by molar-refractivity contribution is 7.78. The second kappa shape index (κ2) is 10.5. The topological polar surface area (TPSA) is 90.2 Å². The molecular weight excluding hydrogens is 566 g/mol. The van der Waals surface area contributed by atoms with E-state index in [1.54, 1.807) is 60.4 Å². The highest BCUT2D eigenvalue weighted by Gasteiger charge is 2.53. The number of rotatable bonds is 6. The van der Waals surface area contributed by atoms with Crippen LogP contribution in [-0.4, -0.2) is 36.0 Å². The van der Waals surface area contributed by atoms with Gasteiger partial charge in [0.15, 0.2) is 5.78 Å². The molecule has 40 heavy (non-hydrogen) atoms. The molecule has 1 saturated heterocycles. The van der Waals surface area contributed by atoms with E-state index in [1.807, 2.05) is 41.1 Å². The molecule has 2 unspecified atom stereocenters. The molecule has 3 aromatic heterocycles. The molecule has 0 radical (unpaired) electrons. The Morgan fingerprint density at radius 3 is 2.60 bits per heavy atom. The molecule has 0 spiro atoms. The van der Waals surface area contributed by atoms with Gasteiger partial charge >= 0.3 is 0 Å². The maximum absolute atomic E-state index is 13.9. The summed E-state index contributed by atoms with van der Waals surface area (Å²) >= 11 is 12.6. The van der Waals surface area contributed by atoms with Crippen LogP contribution in [0.2, 0.25) is 5.02 Å². The summed E-state index contributed by atoms with van der Waals surface area (Å²) in [4.78, 5) is 32.4. The van der Waals surface area contributed by atoms with Crippen molar-refractivity contribution in [1.82, 2.24) is 24.3 Å². The van der Waals surface area contributed by atoms with Crippen molar-refractivity contribution in [3.63, 3.8) is 0 Å². The van der Waals surface area contributed by atoms with Crippen molar-refractivity contribution in [3.8, 4) is 22.9 Å². The lowest BCUT2D eigenvalue weighted by atomic mass is 9.75. The van der Waals surface area contributed by atoms with E-state index < -0.39 is 17.4 Å². The average molecular weight is 588 g/mol. The van der Waals surface area contributed by atoms with E-state index in [2.05, 4.69) is 10.3 Å². The third kappa shape index (κ3) is 4.38. The largest absolute Gasteiger partial charge is 0.438 e. The molecule has 4 heterocycles. The molecule has 11 heteroatoms. The summed E-state index contributed by atoms with van der Waals surface area (Å²) in [6.45, 7) is 0. The predicted octanol–water partition coefficient (Wildman–Crippen LogP) is 6.06. The standard InChI is InChI=1S/C29H22ClN5O3S2/c1-34-22(16-31-33-34)20-8-3-5-10-24(20)38-26-12-6-11-25(32-26)29(18-13-14-40-17-18)15-23(36)27(28(37)35(29)39)19-7-2-4-9-21(19)30/h2-14,16-17,27,39H,15H2,1H3. The van der Waals surface area contributed by atoms with Gasteiger partial charge in [0, 0.05) is 30.1 Å². The molecule has 0 N–H and O–H groups in total. The average Bonchev–Trinajstić information content (AvgIpc) is 3.65. The summed E-state index contributed by atoms with van der Waals surface area (Å²) in [6.07, 6.45) is 1.62. The Morgan fingerprint density at radius 1 is 1.05 bits per heavy atom. The van der Waals surface area contributed by atoms with Gasteiger partial charge in [0.25, 0.3) is 0 Å². The van der Waals surface area contributed by atoms with Gasteiger partial charge in [0.1, 0.15) is 17.2 Å². The van der Waals surface area contributed by atoms with Gasteiger partial charge in [-0.25, -0.2) is 9.67 Å². The number of benzene rings is 2. The van der Waals surface area contributed by atoms with E-state index in [0.717, 1.165) is 16.8 Å². The van der Waals surface area contributed by atoms with Crippen LogP contribution < -0.4 is 4.74 Å². The lowest BCUT2D eigenvalue weighted by Gasteiger charge is -2.45. The quantitative estimate of drug-likeness (QED) is 0.192. The molecule has 1 amide bonds. The van der Waals surface area contributed by atoms with Crippen molar-refractivity contribution >= 4 is 47.4 Å². The number of aromatic nitrogens is 4. The number of Topliss-reactive ketones (excluding diaryl/α,β-unsaturated/α-hetero) is 1. The Hall–Kier alpha value is -3.99. The molecule has 0 aliphatic carbocycles. The third-order valence-electron chi connectivity index (χ3n) is 7.02. The Labute approximate surface area is 244 Å². The first-order valence-corrected chi connectivity index (χ1v) is 14.0. The Balaban J connectivity index is 1.42. The monoisotopic (exact) mass is 587 g/mol. The van der Waals surface area contributed by atoms with E-state index in [4.69, 9.17) is 34.1 Å². The maximum Gasteiger partial charge on any atom is 0.248 e. The number of thiophene rings is 1. The molecule has 0 bridgehead atoms. The van der Waals surface area contributed by atoms with Crippen LogP contribution in [0.3, 0.4) is 0 Å². The number of ketones is 1. The van der Waals surface area contributed by atoms with Crippen LogP contribution in [0.4, 0.5) is 0 Å². The highest BCUT2D eigenvalue weighted by atomic mass is 35.5. The lowest BCUT2D eigenvalue weighted by Crippen LogP contribution is -2.54. The zero-order valence-corrected chi connectivity index (χ0v) is 23.6. The SMILES string of the molecule is Cn1nncc1-c1ccccc1Oc1cccc(C2(c3ccsc3)CC(=O)C(c3ccccc3Cl)C(=O)N2S)n1. The first-order chi connectivity index (χ1) is 19.4. The molecule has 6 rings (SSSR count). The van der Waals surface area contributed by atoms with Crippen LogP contribution in [0, 0.1) is 0 Å². The van der Waals surface area contributed by atoms with Gasteiger partial charge in [-0.15, -0.1) is 5.10 Å². The van der Waals surface area contributed by atoms with Crippen LogP contribution in [0.15, 0.2) is 89.8 Å². The minimum absolute atomic E-state index is 0.0391. The first kappa shape index (κ1) is 26.2. The van der Waals surface area contributed by atoms with Crippen LogP contribution in [0.25, 0.3) is 11.3 Å². The number of ether oxygens (including phenoxy) is 1. The molecule has 2 aromatic carbocycles. The zero-order chi connectivity index (χ0) is 27.9. The summed E-state index contributed by atoms with van der Waals surface area (Å²) in [5, 5.41) is 12.1. The zero-order valence-electron chi connectivity index (χ0n) is 21.1. The van der Waals surface area contributed by atoms with Crippen molar-refractivity contribution < 1.29 is 14.3 Å². The second-order valence-electron chi connectivity index (χ2n) is 9.32. The fourth-order valence-electron chi connectivity index (χ4n) is 5.08. The number of carbonyl (C=O) groups excluding carboxylic acids is 2. The van der Waals surface area contributed by atoms with Crippen molar-refractivity contribution in [2.45, 2.75) is 17.9 Å². The minimum atomic E-state index is -1.25. The summed E-state index contributed by atoms with van der Waals surface area (Å²) in [5.41, 5.74) is 1.96. The van der Waals surface area contributed by atoms with E-state index in [1.165, 1.54) is 15.6 Å². The number of halogens is 1. The summed E-state index contributed by atoms with van der Waals surface area (Å²) in [7, 11) is 1.80. The molecule has 200 valence electrons. The van der Waals surface area contributed by atoms with Gasteiger partial charge < -0.3 is 4.74 Å². The number of aryl methyl sites for hydroxylation is 1. The molecule has 1 aliphatic heterocycles. The van der Waals surface area contributed by atoms with Crippen molar-refractivity contribution in [2.24, 2.45) is 7.05 Å². The lowest BCUT2D eigenvalue weighted by molar-refractivity contribution is -0.142. The Morgan fingerprint density at radius 2 is 1.85 bits per heavy atom. The van der Waals surface area contributed by atoms with Crippen LogP contribution in [0.5, 0.6) is 11.6 Å². The first-order valence-electron chi connectivity index (χ1n) is 12.3. The molecule has 0 saturated carbocycles. The predicted molar refractivity (Wildman–Crippen MR) is 155 cm³/mol. The van der Waals surface area contributed by atoms with Crippen molar-refractivity contribution in [3.05, 3.63) is 112 Å². The fraction of sp³-hybridized carbons (Fsp3) is 0.138. The number of piperidine rings is 1. The van der Waals surface area contributed by atoms with Crippen molar-refractivity contribution in [2.75, 3.05) is 0 Å². The summed E-state index contributed by atoms with van der Waals surface area (Å²) in [6, 6.07) is 21.6. The van der Waals surface area contributed by atoms with Gasteiger partial charge in [-0.3, -0.25) is 13.9 Å². The van der Waals surface area contributed by atoms with Crippen molar-refractivity contribution in [1.29, 1.82) is 0 Å². The van der Waals surface area contributed by atoms with Crippen LogP contribution in [-0.2, 0) is 22.2 Å². The Kier molecular flexibility index (Phi) is 6.91. The summed E-state index contributed by atoms with van der Waals surface area (Å²) in [5.74, 6) is -0.946. The molecule has 1 aliphatic rings. The number of para-hydroxylation sites is 1. The molecule has 2 atom stereocenters. The molecule has 5 aromatic rings. The van der Waals surface area contributed by atoms with Gasteiger partial charge in [-0.05, 0) is 52.2 Å². The van der Waals surface area contributed by atoms with Gasteiger partial charge in [-0.2, -0.15) is 11.3 Å². The summed E-state index contributed by atoms with van der Waals surface area (Å²) < 4.78 is 9.25. The fourth-order valence-corrected chi connectivity index (χ4v) is 6.45. The molecule has 8 nitrogen and oxygen atoms in total. The number of hydrogen-bond donors (Lipinski definition) is 1. The molecule has 1 fully saturated rings. The molecular formula is C29H22ClN5O3S2. The highest BCUT2D eigenvalue weighted by Crippen LogP contribution is 2.48. The number of thiol groups is 1. The number of amides is 1. The van der Waals surface area contributed by atoms with Gasteiger partial charge in [-0.1, -0.05) is 66.0 Å². The van der Waals surface area contributed by atoms with Crippen LogP contribution in [0.1, 0.15) is 29.2 Å². The van der Waals surface area contributed by atoms with E-state index in [9.17, 15) is 9.59 Å². The van der Waals surface area contributed by atoms with E-state index >= 15 is 0 Å². The number of pyridine rings is 1.